The Morgan fingerprint density at radius 2 is 1.95 bits per heavy atom. The lowest BCUT2D eigenvalue weighted by Crippen LogP contribution is -2.41. The van der Waals surface area contributed by atoms with E-state index in [1.54, 1.807) is 12.1 Å². The number of hydrogen-bond acceptors (Lipinski definition) is 5. The second-order valence-corrected chi connectivity index (χ2v) is 5.48. The number of nitrogens with two attached hydrogens (primary N) is 1. The lowest BCUT2D eigenvalue weighted by molar-refractivity contribution is -0.148. The molecule has 1 aromatic heterocycles. The molecule has 118 valence electrons. The summed E-state index contributed by atoms with van der Waals surface area (Å²) in [5.74, 6) is -0.304. The van der Waals surface area contributed by atoms with E-state index < -0.39 is 12.0 Å². The number of pyridine rings is 1. The van der Waals surface area contributed by atoms with Crippen LogP contribution in [0.1, 0.15) is 18.4 Å². The number of carbonyl (C=O) groups excluding carboxylic acids is 1. The summed E-state index contributed by atoms with van der Waals surface area (Å²) in [6.07, 6.45) is 1.56. The Morgan fingerprint density at radius 1 is 1.38 bits per heavy atom. The van der Waals surface area contributed by atoms with Gasteiger partial charge < -0.3 is 15.2 Å². The molecule has 1 aromatic rings. The van der Waals surface area contributed by atoms with E-state index in [9.17, 15) is 4.79 Å². The SMILES string of the molecule is Cl.N[C@H](C(=O)OCc1cc(Cl)nc(Cl)c1)C1CCOCC1. The zero-order valence-electron chi connectivity index (χ0n) is 11.3. The quantitative estimate of drug-likeness (QED) is 0.664. The van der Waals surface area contributed by atoms with Crippen molar-refractivity contribution in [3.05, 3.63) is 28.0 Å². The maximum absolute atomic E-state index is 11.9. The molecule has 1 aliphatic rings. The average molecular weight is 356 g/mol. The Hall–Kier alpha value is -0.590. The third kappa shape index (κ3) is 5.60. The lowest BCUT2D eigenvalue weighted by Gasteiger charge is -2.26. The zero-order valence-corrected chi connectivity index (χ0v) is 13.6. The van der Waals surface area contributed by atoms with Crippen LogP contribution in [0.15, 0.2) is 12.1 Å². The molecule has 1 atom stereocenters. The highest BCUT2D eigenvalue weighted by Crippen LogP contribution is 2.19. The molecule has 0 aliphatic carbocycles. The van der Waals surface area contributed by atoms with Crippen molar-refractivity contribution >= 4 is 41.6 Å². The molecule has 0 amide bonds. The van der Waals surface area contributed by atoms with Gasteiger partial charge in [-0.3, -0.25) is 4.79 Å². The topological polar surface area (TPSA) is 74.4 Å². The van der Waals surface area contributed by atoms with Gasteiger partial charge in [0.05, 0.1) is 0 Å². The van der Waals surface area contributed by atoms with E-state index >= 15 is 0 Å². The molecule has 1 fully saturated rings. The van der Waals surface area contributed by atoms with Crippen LogP contribution in [0.25, 0.3) is 0 Å². The van der Waals surface area contributed by atoms with Gasteiger partial charge in [0.1, 0.15) is 23.0 Å². The van der Waals surface area contributed by atoms with Gasteiger partial charge in [0.2, 0.25) is 0 Å². The number of halogens is 3. The lowest BCUT2D eigenvalue weighted by atomic mass is 9.92. The van der Waals surface area contributed by atoms with Crippen LogP contribution in [0.5, 0.6) is 0 Å². The molecule has 0 aromatic carbocycles. The first kappa shape index (κ1) is 18.5. The van der Waals surface area contributed by atoms with Crippen LogP contribution in [0, 0.1) is 5.92 Å². The first-order valence-electron chi connectivity index (χ1n) is 6.38. The summed E-state index contributed by atoms with van der Waals surface area (Å²) in [5, 5.41) is 0.523. The van der Waals surface area contributed by atoms with E-state index in [-0.39, 0.29) is 35.2 Å². The number of nitrogens with zero attached hydrogens (tertiary/aromatic N) is 1. The largest absolute Gasteiger partial charge is 0.460 e. The van der Waals surface area contributed by atoms with Gasteiger partial charge in [0.15, 0.2) is 0 Å². The third-order valence-corrected chi connectivity index (χ3v) is 3.64. The van der Waals surface area contributed by atoms with E-state index in [2.05, 4.69) is 4.98 Å². The number of carbonyl (C=O) groups is 1. The fourth-order valence-electron chi connectivity index (χ4n) is 2.12. The third-order valence-electron chi connectivity index (χ3n) is 3.25. The van der Waals surface area contributed by atoms with Crippen LogP contribution in [0.3, 0.4) is 0 Å². The summed E-state index contributed by atoms with van der Waals surface area (Å²) in [6, 6.07) is 2.58. The first-order valence-corrected chi connectivity index (χ1v) is 7.14. The van der Waals surface area contributed by atoms with Gasteiger partial charge in [0, 0.05) is 13.2 Å². The summed E-state index contributed by atoms with van der Waals surface area (Å²) in [4.78, 5) is 15.7. The second-order valence-electron chi connectivity index (χ2n) is 4.70. The van der Waals surface area contributed by atoms with Crippen molar-refractivity contribution < 1.29 is 14.3 Å². The molecule has 0 unspecified atom stereocenters. The number of aromatic nitrogens is 1. The standard InChI is InChI=1S/C13H16Cl2N2O3.ClH/c14-10-5-8(6-11(15)17-10)7-20-13(18)12(16)9-1-3-19-4-2-9;/h5-6,9,12H,1-4,7,16H2;1H/t12-;/m0./s1. The summed E-state index contributed by atoms with van der Waals surface area (Å²) in [5.41, 5.74) is 6.60. The molecule has 2 rings (SSSR count). The maximum atomic E-state index is 11.9. The number of hydrogen-bond donors (Lipinski definition) is 1. The number of rotatable bonds is 4. The van der Waals surface area contributed by atoms with Crippen LogP contribution in [-0.2, 0) is 20.9 Å². The fourth-order valence-corrected chi connectivity index (χ4v) is 2.62. The molecular formula is C13H17Cl3N2O3. The Bertz CT molecular complexity index is 461. The van der Waals surface area contributed by atoms with Gasteiger partial charge in [0.25, 0.3) is 0 Å². The van der Waals surface area contributed by atoms with Crippen molar-refractivity contribution in [3.8, 4) is 0 Å². The highest BCUT2D eigenvalue weighted by Gasteiger charge is 2.27. The Kier molecular flexibility index (Phi) is 7.70. The predicted octanol–water partition coefficient (Wildman–Crippen LogP) is 2.61. The summed E-state index contributed by atoms with van der Waals surface area (Å²) in [7, 11) is 0. The molecular weight excluding hydrogens is 339 g/mol. The minimum absolute atomic E-state index is 0. The van der Waals surface area contributed by atoms with Gasteiger partial charge in [-0.05, 0) is 36.5 Å². The first-order chi connectivity index (χ1) is 9.56. The molecule has 21 heavy (non-hydrogen) atoms. The number of ether oxygens (including phenoxy) is 2. The maximum Gasteiger partial charge on any atom is 0.323 e. The summed E-state index contributed by atoms with van der Waals surface area (Å²) < 4.78 is 10.4. The molecule has 1 aliphatic heterocycles. The van der Waals surface area contributed by atoms with Crippen LogP contribution in [0.4, 0.5) is 0 Å². The van der Waals surface area contributed by atoms with Crippen LogP contribution in [-0.4, -0.2) is 30.2 Å². The van der Waals surface area contributed by atoms with Gasteiger partial charge in [-0.15, -0.1) is 12.4 Å². The van der Waals surface area contributed by atoms with Crippen molar-refractivity contribution in [2.24, 2.45) is 11.7 Å². The molecule has 2 heterocycles. The molecule has 0 radical (unpaired) electrons. The Balaban J connectivity index is 0.00000220. The Labute approximate surface area is 139 Å². The molecule has 1 saturated heterocycles. The fraction of sp³-hybridized carbons (Fsp3) is 0.538. The van der Waals surface area contributed by atoms with Crippen LogP contribution in [0.2, 0.25) is 10.3 Å². The van der Waals surface area contributed by atoms with Crippen LogP contribution < -0.4 is 5.73 Å². The van der Waals surface area contributed by atoms with Crippen molar-refractivity contribution in [3.63, 3.8) is 0 Å². The molecule has 0 bridgehead atoms. The molecule has 5 nitrogen and oxygen atoms in total. The monoisotopic (exact) mass is 354 g/mol. The minimum Gasteiger partial charge on any atom is -0.460 e. The van der Waals surface area contributed by atoms with E-state index in [4.69, 9.17) is 38.4 Å². The normalized spacial score (nSPS) is 16.9. The van der Waals surface area contributed by atoms with Crippen molar-refractivity contribution in [2.75, 3.05) is 13.2 Å². The van der Waals surface area contributed by atoms with Gasteiger partial charge >= 0.3 is 5.97 Å². The van der Waals surface area contributed by atoms with E-state index in [1.807, 2.05) is 0 Å². The highest BCUT2D eigenvalue weighted by molar-refractivity contribution is 6.32. The average Bonchev–Trinajstić information content (AvgIpc) is 2.44. The second kappa shape index (κ2) is 8.76. The summed E-state index contributed by atoms with van der Waals surface area (Å²) >= 11 is 11.6. The smallest absolute Gasteiger partial charge is 0.323 e. The van der Waals surface area contributed by atoms with Crippen molar-refractivity contribution in [2.45, 2.75) is 25.5 Å². The van der Waals surface area contributed by atoms with Crippen molar-refractivity contribution in [1.29, 1.82) is 0 Å². The highest BCUT2D eigenvalue weighted by atomic mass is 35.5. The summed E-state index contributed by atoms with van der Waals surface area (Å²) in [6.45, 7) is 1.36. The van der Waals surface area contributed by atoms with Gasteiger partial charge in [-0.1, -0.05) is 23.2 Å². The molecule has 0 spiro atoms. The molecule has 2 N–H and O–H groups in total. The molecule has 8 heteroatoms. The van der Waals surface area contributed by atoms with Gasteiger partial charge in [-0.2, -0.15) is 0 Å². The van der Waals surface area contributed by atoms with Crippen molar-refractivity contribution in [1.82, 2.24) is 4.98 Å². The van der Waals surface area contributed by atoms with E-state index in [0.717, 1.165) is 12.8 Å². The number of esters is 1. The Morgan fingerprint density at radius 3 is 2.52 bits per heavy atom. The van der Waals surface area contributed by atoms with Gasteiger partial charge in [-0.25, -0.2) is 4.98 Å². The minimum atomic E-state index is -0.619. The zero-order chi connectivity index (χ0) is 14.5. The van der Waals surface area contributed by atoms with E-state index in [1.165, 1.54) is 0 Å². The van der Waals surface area contributed by atoms with E-state index in [0.29, 0.717) is 18.8 Å². The molecule has 0 saturated carbocycles. The predicted molar refractivity (Wildman–Crippen MR) is 82.8 cm³/mol. The van der Waals surface area contributed by atoms with Crippen LogP contribution >= 0.6 is 35.6 Å².